The number of pyridine rings is 1. The summed E-state index contributed by atoms with van der Waals surface area (Å²) in [5.41, 5.74) is -1.62. The van der Waals surface area contributed by atoms with Crippen LogP contribution in [0.25, 0.3) is 10.9 Å². The van der Waals surface area contributed by atoms with E-state index in [9.17, 15) is 14.4 Å². The predicted molar refractivity (Wildman–Crippen MR) is 149 cm³/mol. The van der Waals surface area contributed by atoms with E-state index in [4.69, 9.17) is 9.47 Å². The van der Waals surface area contributed by atoms with Crippen molar-refractivity contribution in [2.45, 2.75) is 52.8 Å². The van der Waals surface area contributed by atoms with Gasteiger partial charge in [0.25, 0.3) is 5.91 Å². The molecular weight excluding hydrogens is 522 g/mol. The Labute approximate surface area is 231 Å². The van der Waals surface area contributed by atoms with E-state index in [1.54, 1.807) is 58.9 Å². The third kappa shape index (κ3) is 5.73. The number of benzene rings is 2. The standard InChI is InChI=1S/C29H34F2N4O5/c1-7-33-16-21(27(37)32-18-8-10-19(39-6)11-9-18)26(36)20-14-22(30)25(23(31)24(20)33)34-12-13-35(17(2)15-34)28(38)40-29(3,4)5/h8-11,14,16-17H,7,12-13,15H2,1-6H3,(H,32,37). The first-order valence-corrected chi connectivity index (χ1v) is 13.1. The van der Waals surface area contributed by atoms with E-state index in [1.807, 2.05) is 0 Å². The molecule has 1 N–H and O–H groups in total. The van der Waals surface area contributed by atoms with E-state index in [2.05, 4.69) is 5.32 Å². The first-order chi connectivity index (χ1) is 18.8. The minimum atomic E-state index is -0.921. The van der Waals surface area contributed by atoms with Crippen molar-refractivity contribution in [1.29, 1.82) is 0 Å². The smallest absolute Gasteiger partial charge is 0.410 e. The van der Waals surface area contributed by atoms with Crippen molar-refractivity contribution in [2.24, 2.45) is 0 Å². The number of methoxy groups -OCH3 is 1. The largest absolute Gasteiger partial charge is 0.497 e. The lowest BCUT2D eigenvalue weighted by Crippen LogP contribution is -2.55. The number of anilines is 2. The zero-order valence-electron chi connectivity index (χ0n) is 23.5. The summed E-state index contributed by atoms with van der Waals surface area (Å²) in [5.74, 6) is -1.92. The maximum Gasteiger partial charge on any atom is 0.410 e. The van der Waals surface area contributed by atoms with Crippen LogP contribution in [0.2, 0.25) is 0 Å². The molecule has 1 unspecified atom stereocenters. The Bertz CT molecular complexity index is 1500. The molecule has 1 aromatic heterocycles. The summed E-state index contributed by atoms with van der Waals surface area (Å²) in [5, 5.41) is 2.41. The van der Waals surface area contributed by atoms with Crippen molar-refractivity contribution in [2.75, 3.05) is 37.0 Å². The van der Waals surface area contributed by atoms with E-state index in [1.165, 1.54) is 27.7 Å². The summed E-state index contributed by atoms with van der Waals surface area (Å²) in [6, 6.07) is 7.14. The van der Waals surface area contributed by atoms with E-state index in [0.29, 0.717) is 11.4 Å². The van der Waals surface area contributed by atoms with Crippen molar-refractivity contribution in [3.63, 3.8) is 0 Å². The quantitative estimate of drug-likeness (QED) is 0.475. The number of halogens is 2. The Morgan fingerprint density at radius 3 is 2.38 bits per heavy atom. The van der Waals surface area contributed by atoms with Crippen molar-refractivity contribution >= 4 is 34.3 Å². The van der Waals surface area contributed by atoms with Gasteiger partial charge >= 0.3 is 6.09 Å². The number of carbonyl (C=O) groups excluding carboxylic acids is 2. The van der Waals surface area contributed by atoms with E-state index in [0.717, 1.165) is 6.07 Å². The third-order valence-electron chi connectivity index (χ3n) is 6.73. The van der Waals surface area contributed by atoms with Gasteiger partial charge in [0.1, 0.15) is 28.4 Å². The molecule has 2 amide bonds. The average Bonchev–Trinajstić information content (AvgIpc) is 2.88. The van der Waals surface area contributed by atoms with Gasteiger partial charge in [-0.05, 0) is 65.0 Å². The molecule has 0 radical (unpaired) electrons. The molecule has 0 spiro atoms. The van der Waals surface area contributed by atoms with Crippen LogP contribution in [0.3, 0.4) is 0 Å². The van der Waals surface area contributed by atoms with Crippen molar-refractivity contribution in [3.8, 4) is 5.75 Å². The van der Waals surface area contributed by atoms with E-state index < -0.39 is 34.7 Å². The summed E-state index contributed by atoms with van der Waals surface area (Å²) in [6.45, 7) is 9.59. The number of piperazine rings is 1. The molecule has 1 atom stereocenters. The van der Waals surface area contributed by atoms with Gasteiger partial charge in [-0.25, -0.2) is 13.6 Å². The van der Waals surface area contributed by atoms with E-state index >= 15 is 8.78 Å². The number of hydrogen-bond acceptors (Lipinski definition) is 6. The molecule has 0 saturated carbocycles. The first-order valence-electron chi connectivity index (χ1n) is 13.1. The number of aryl methyl sites for hydroxylation is 1. The number of nitrogens with one attached hydrogen (secondary N) is 1. The highest BCUT2D eigenvalue weighted by Gasteiger charge is 2.34. The molecule has 0 aliphatic carbocycles. The summed E-state index contributed by atoms with van der Waals surface area (Å²) in [4.78, 5) is 42.0. The minimum absolute atomic E-state index is 0.0906. The summed E-state index contributed by atoms with van der Waals surface area (Å²) in [7, 11) is 1.52. The highest BCUT2D eigenvalue weighted by molar-refractivity contribution is 6.06. The van der Waals surface area contributed by atoms with Gasteiger partial charge < -0.3 is 29.2 Å². The average molecular weight is 557 g/mol. The zero-order chi connectivity index (χ0) is 29.4. The second-order valence-electron chi connectivity index (χ2n) is 10.7. The Kier molecular flexibility index (Phi) is 8.04. The Balaban J connectivity index is 1.67. The van der Waals surface area contributed by atoms with Crippen molar-refractivity contribution < 1.29 is 27.8 Å². The molecule has 3 aromatic rings. The van der Waals surface area contributed by atoms with Gasteiger partial charge in [0.2, 0.25) is 5.43 Å². The number of amides is 2. The molecule has 11 heteroatoms. The first kappa shape index (κ1) is 28.8. The second kappa shape index (κ2) is 11.1. The van der Waals surface area contributed by atoms with Crippen LogP contribution in [0.15, 0.2) is 41.3 Å². The van der Waals surface area contributed by atoms with Gasteiger partial charge in [0, 0.05) is 44.1 Å². The third-order valence-corrected chi connectivity index (χ3v) is 6.73. The van der Waals surface area contributed by atoms with E-state index in [-0.39, 0.29) is 54.4 Å². The van der Waals surface area contributed by atoms with Crippen molar-refractivity contribution in [3.05, 3.63) is 63.9 Å². The molecule has 2 aromatic carbocycles. The number of ether oxygens (including phenoxy) is 2. The normalized spacial score (nSPS) is 15.8. The molecule has 1 saturated heterocycles. The Morgan fingerprint density at radius 1 is 1.12 bits per heavy atom. The minimum Gasteiger partial charge on any atom is -0.497 e. The molecule has 4 rings (SSSR count). The van der Waals surface area contributed by atoms with Gasteiger partial charge in [0.05, 0.1) is 18.0 Å². The molecule has 2 heterocycles. The van der Waals surface area contributed by atoms with Gasteiger partial charge in [-0.15, -0.1) is 0 Å². The van der Waals surface area contributed by atoms with Gasteiger partial charge in [-0.1, -0.05) is 0 Å². The van der Waals surface area contributed by atoms with Gasteiger partial charge in [0.15, 0.2) is 5.82 Å². The summed E-state index contributed by atoms with van der Waals surface area (Å²) >= 11 is 0. The molecule has 0 bridgehead atoms. The lowest BCUT2D eigenvalue weighted by atomic mass is 10.1. The molecule has 214 valence electrons. The fraction of sp³-hybridized carbons (Fsp3) is 0.414. The van der Waals surface area contributed by atoms with Crippen LogP contribution in [0.4, 0.5) is 25.0 Å². The highest BCUT2D eigenvalue weighted by atomic mass is 19.1. The van der Waals surface area contributed by atoms with Crippen LogP contribution >= 0.6 is 0 Å². The molecular formula is C29H34F2N4O5. The SMILES string of the molecule is CCn1cc(C(=O)Nc2ccc(OC)cc2)c(=O)c2cc(F)c(N3CCN(C(=O)OC(C)(C)C)C(C)C3)c(F)c21. The predicted octanol–water partition coefficient (Wildman–Crippen LogP) is 5.01. The maximum atomic E-state index is 16.0. The van der Waals surface area contributed by atoms with Crippen LogP contribution in [-0.2, 0) is 11.3 Å². The monoisotopic (exact) mass is 556 g/mol. The van der Waals surface area contributed by atoms with Crippen LogP contribution in [0.1, 0.15) is 45.0 Å². The number of hydrogen-bond donors (Lipinski definition) is 1. The number of rotatable bonds is 5. The second-order valence-corrected chi connectivity index (χ2v) is 10.7. The zero-order valence-corrected chi connectivity index (χ0v) is 23.5. The van der Waals surface area contributed by atoms with Crippen LogP contribution in [-0.4, -0.2) is 59.9 Å². The summed E-state index contributed by atoms with van der Waals surface area (Å²) in [6.07, 6.45) is 0.802. The Hall–Kier alpha value is -4.15. The fourth-order valence-electron chi connectivity index (χ4n) is 4.80. The lowest BCUT2D eigenvalue weighted by Gasteiger charge is -2.41. The fourth-order valence-corrected chi connectivity index (χ4v) is 4.80. The summed E-state index contributed by atoms with van der Waals surface area (Å²) < 4.78 is 43.5. The van der Waals surface area contributed by atoms with Crippen LogP contribution < -0.4 is 20.4 Å². The Morgan fingerprint density at radius 2 is 1.80 bits per heavy atom. The van der Waals surface area contributed by atoms with Crippen molar-refractivity contribution in [1.82, 2.24) is 9.47 Å². The molecule has 40 heavy (non-hydrogen) atoms. The van der Waals surface area contributed by atoms with Crippen LogP contribution in [0, 0.1) is 11.6 Å². The molecule has 9 nitrogen and oxygen atoms in total. The highest BCUT2D eigenvalue weighted by Crippen LogP contribution is 2.32. The number of aromatic nitrogens is 1. The van der Waals surface area contributed by atoms with Gasteiger partial charge in [-0.3, -0.25) is 9.59 Å². The maximum absolute atomic E-state index is 16.0. The lowest BCUT2D eigenvalue weighted by molar-refractivity contribution is 0.0158. The molecule has 1 fully saturated rings. The number of carbonyl (C=O) groups is 2. The van der Waals surface area contributed by atoms with Crippen LogP contribution in [0.5, 0.6) is 5.75 Å². The number of nitrogens with zero attached hydrogens (tertiary/aromatic N) is 3. The van der Waals surface area contributed by atoms with Gasteiger partial charge in [-0.2, -0.15) is 0 Å². The molecule has 1 aliphatic rings. The number of fused-ring (bicyclic) bond motifs is 1. The topological polar surface area (TPSA) is 93.1 Å². The molecule has 1 aliphatic heterocycles.